The number of anilines is 3. The molecule has 2 aliphatic rings. The molecule has 4 rings (SSSR count). The van der Waals surface area contributed by atoms with Gasteiger partial charge in [-0.1, -0.05) is 6.07 Å². The zero-order chi connectivity index (χ0) is 21.8. The Labute approximate surface area is 182 Å². The summed E-state index contributed by atoms with van der Waals surface area (Å²) >= 11 is 0. The van der Waals surface area contributed by atoms with Crippen LogP contribution in [0.25, 0.3) is 0 Å². The van der Waals surface area contributed by atoms with E-state index in [0.717, 1.165) is 44.3 Å². The number of amides is 2. The first kappa shape index (κ1) is 21.3. The lowest BCUT2D eigenvalue weighted by Gasteiger charge is -2.30. The van der Waals surface area contributed by atoms with E-state index in [9.17, 15) is 9.18 Å². The number of hydrogen-bond donors (Lipinski definition) is 3. The average Bonchev–Trinajstić information content (AvgIpc) is 2.74. The Morgan fingerprint density at radius 3 is 2.55 bits per heavy atom. The molecule has 0 bridgehead atoms. The number of urea groups is 1. The molecule has 0 radical (unpaired) electrons. The third-order valence-electron chi connectivity index (χ3n) is 6.06. The molecule has 2 aliphatic carbocycles. The van der Waals surface area contributed by atoms with Crippen molar-refractivity contribution in [1.29, 1.82) is 0 Å². The molecule has 31 heavy (non-hydrogen) atoms. The minimum Gasteiger partial charge on any atom is -0.362 e. The van der Waals surface area contributed by atoms with Gasteiger partial charge in [-0.15, -0.1) is 0 Å². The summed E-state index contributed by atoms with van der Waals surface area (Å²) in [6, 6.07) is 6.01. The Balaban J connectivity index is 1.30. The standard InChI is InChI=1S/C23H31FN6O/c1-30(2)21-19-8-3-4-9-20(19)28-22(29-21)25-16-10-12-17(13-11-16)26-23(31)27-18-7-5-6-15(24)14-18/h5-7,14,16-17H,3-4,8-13H2,1-2H3,(H,25,28,29)(H2,26,27,31)/t16-,17+. The van der Waals surface area contributed by atoms with Gasteiger partial charge in [0.1, 0.15) is 11.6 Å². The van der Waals surface area contributed by atoms with Gasteiger partial charge in [-0.2, -0.15) is 4.98 Å². The second kappa shape index (κ2) is 9.49. The SMILES string of the molecule is CN(C)c1nc(N[C@H]2CC[C@@H](NC(=O)Nc3cccc(F)c3)CC2)nc2c1CCCC2. The number of carbonyl (C=O) groups excluding carboxylic acids is 1. The van der Waals surface area contributed by atoms with E-state index in [2.05, 4.69) is 20.9 Å². The third-order valence-corrected chi connectivity index (χ3v) is 6.06. The number of aromatic nitrogens is 2. The maximum Gasteiger partial charge on any atom is 0.319 e. The topological polar surface area (TPSA) is 82.2 Å². The lowest BCUT2D eigenvalue weighted by molar-refractivity contribution is 0.243. The van der Waals surface area contributed by atoms with E-state index >= 15 is 0 Å². The first-order valence-electron chi connectivity index (χ1n) is 11.1. The number of carbonyl (C=O) groups is 1. The zero-order valence-corrected chi connectivity index (χ0v) is 18.2. The van der Waals surface area contributed by atoms with Gasteiger partial charge in [0.2, 0.25) is 5.95 Å². The lowest BCUT2D eigenvalue weighted by Crippen LogP contribution is -2.42. The van der Waals surface area contributed by atoms with Crippen LogP contribution in [0.3, 0.4) is 0 Å². The summed E-state index contributed by atoms with van der Waals surface area (Å²) in [4.78, 5) is 23.9. The second-order valence-electron chi connectivity index (χ2n) is 8.70. The quantitative estimate of drug-likeness (QED) is 0.670. The van der Waals surface area contributed by atoms with E-state index in [1.54, 1.807) is 12.1 Å². The van der Waals surface area contributed by atoms with Crippen molar-refractivity contribution in [2.75, 3.05) is 29.6 Å². The van der Waals surface area contributed by atoms with Gasteiger partial charge in [-0.3, -0.25) is 0 Å². The van der Waals surface area contributed by atoms with E-state index in [1.807, 2.05) is 14.1 Å². The Kier molecular flexibility index (Phi) is 6.53. The molecule has 0 spiro atoms. The fourth-order valence-electron chi connectivity index (χ4n) is 4.49. The molecule has 1 fully saturated rings. The van der Waals surface area contributed by atoms with E-state index < -0.39 is 0 Å². The summed E-state index contributed by atoms with van der Waals surface area (Å²) in [5.41, 5.74) is 2.92. The fraction of sp³-hybridized carbons (Fsp3) is 0.522. The van der Waals surface area contributed by atoms with E-state index in [0.29, 0.717) is 17.7 Å². The summed E-state index contributed by atoms with van der Waals surface area (Å²) < 4.78 is 13.3. The van der Waals surface area contributed by atoms with Gasteiger partial charge < -0.3 is 20.9 Å². The third kappa shape index (κ3) is 5.42. The van der Waals surface area contributed by atoms with Crippen LogP contribution in [-0.2, 0) is 12.8 Å². The molecule has 1 aromatic carbocycles. The van der Waals surface area contributed by atoms with E-state index in [4.69, 9.17) is 9.97 Å². The van der Waals surface area contributed by atoms with Crippen LogP contribution in [0.1, 0.15) is 49.8 Å². The van der Waals surface area contributed by atoms with Crippen LogP contribution in [0.4, 0.5) is 26.6 Å². The molecule has 166 valence electrons. The number of nitrogens with one attached hydrogen (secondary N) is 3. The summed E-state index contributed by atoms with van der Waals surface area (Å²) in [6.07, 6.45) is 8.07. The minimum absolute atomic E-state index is 0.105. The van der Waals surface area contributed by atoms with Crippen LogP contribution in [0.15, 0.2) is 24.3 Å². The van der Waals surface area contributed by atoms with Crippen LogP contribution >= 0.6 is 0 Å². The Morgan fingerprint density at radius 2 is 1.81 bits per heavy atom. The Hall–Kier alpha value is -2.90. The van der Waals surface area contributed by atoms with Crippen LogP contribution in [0.5, 0.6) is 0 Å². The summed E-state index contributed by atoms with van der Waals surface area (Å²) in [5.74, 6) is 1.37. The van der Waals surface area contributed by atoms with Gasteiger partial charge in [-0.25, -0.2) is 14.2 Å². The minimum atomic E-state index is -0.369. The highest BCUT2D eigenvalue weighted by atomic mass is 19.1. The number of fused-ring (bicyclic) bond motifs is 1. The smallest absolute Gasteiger partial charge is 0.319 e. The number of halogens is 1. The first-order chi connectivity index (χ1) is 15.0. The zero-order valence-electron chi connectivity index (χ0n) is 18.2. The summed E-state index contributed by atoms with van der Waals surface area (Å²) in [6.45, 7) is 0. The van der Waals surface area contributed by atoms with Crippen LogP contribution in [0, 0.1) is 5.82 Å². The molecule has 0 aliphatic heterocycles. The van der Waals surface area contributed by atoms with Gasteiger partial charge in [-0.05, 0) is 69.6 Å². The molecule has 0 saturated heterocycles. The molecule has 3 N–H and O–H groups in total. The van der Waals surface area contributed by atoms with Gasteiger partial charge >= 0.3 is 6.03 Å². The van der Waals surface area contributed by atoms with Crippen molar-refractivity contribution >= 4 is 23.5 Å². The van der Waals surface area contributed by atoms with E-state index in [-0.39, 0.29) is 17.9 Å². The Bertz CT molecular complexity index is 926. The maximum absolute atomic E-state index is 13.3. The van der Waals surface area contributed by atoms with Crippen LogP contribution < -0.4 is 20.9 Å². The molecule has 1 saturated carbocycles. The predicted octanol–water partition coefficient (Wildman–Crippen LogP) is 4.11. The average molecular weight is 427 g/mol. The Morgan fingerprint density at radius 1 is 1.06 bits per heavy atom. The van der Waals surface area contributed by atoms with Crippen molar-refractivity contribution in [2.24, 2.45) is 0 Å². The van der Waals surface area contributed by atoms with Crippen LogP contribution in [0.2, 0.25) is 0 Å². The molecule has 8 heteroatoms. The highest BCUT2D eigenvalue weighted by molar-refractivity contribution is 5.89. The van der Waals surface area contributed by atoms with Crippen molar-refractivity contribution in [3.05, 3.63) is 41.3 Å². The maximum atomic E-state index is 13.3. The second-order valence-corrected chi connectivity index (χ2v) is 8.70. The molecular formula is C23H31FN6O. The monoisotopic (exact) mass is 426 g/mol. The first-order valence-corrected chi connectivity index (χ1v) is 11.1. The van der Waals surface area contributed by atoms with E-state index in [1.165, 1.54) is 36.2 Å². The highest BCUT2D eigenvalue weighted by Gasteiger charge is 2.25. The number of nitrogens with zero attached hydrogens (tertiary/aromatic N) is 3. The van der Waals surface area contributed by atoms with Gasteiger partial charge in [0.25, 0.3) is 0 Å². The fourth-order valence-corrected chi connectivity index (χ4v) is 4.49. The summed E-state index contributed by atoms with van der Waals surface area (Å²) in [7, 11) is 4.07. The number of rotatable bonds is 5. The molecule has 1 heterocycles. The molecule has 0 unspecified atom stereocenters. The largest absolute Gasteiger partial charge is 0.362 e. The van der Waals surface area contributed by atoms with Gasteiger partial charge in [0.05, 0.1) is 5.69 Å². The van der Waals surface area contributed by atoms with Crippen molar-refractivity contribution in [3.63, 3.8) is 0 Å². The van der Waals surface area contributed by atoms with Crippen molar-refractivity contribution in [3.8, 4) is 0 Å². The van der Waals surface area contributed by atoms with Crippen molar-refractivity contribution in [2.45, 2.75) is 63.5 Å². The molecule has 0 atom stereocenters. The number of aryl methyl sites for hydroxylation is 1. The molecular weight excluding hydrogens is 395 g/mol. The summed E-state index contributed by atoms with van der Waals surface area (Å²) in [5, 5.41) is 9.22. The molecule has 2 aromatic rings. The lowest BCUT2D eigenvalue weighted by atomic mass is 9.91. The highest BCUT2D eigenvalue weighted by Crippen LogP contribution is 2.29. The molecule has 2 amide bonds. The molecule has 1 aromatic heterocycles. The van der Waals surface area contributed by atoms with Gasteiger partial charge in [0, 0.05) is 37.4 Å². The van der Waals surface area contributed by atoms with Crippen LogP contribution in [-0.4, -0.2) is 42.2 Å². The number of benzene rings is 1. The molecule has 7 nitrogen and oxygen atoms in total. The predicted molar refractivity (Wildman–Crippen MR) is 121 cm³/mol. The normalized spacial score (nSPS) is 20.5. The number of hydrogen-bond acceptors (Lipinski definition) is 5. The van der Waals surface area contributed by atoms with Crippen molar-refractivity contribution in [1.82, 2.24) is 15.3 Å². The van der Waals surface area contributed by atoms with Gasteiger partial charge in [0.15, 0.2) is 0 Å². The van der Waals surface area contributed by atoms with Crippen molar-refractivity contribution < 1.29 is 9.18 Å².